The molecule has 13 heavy (non-hydrogen) atoms. The Bertz CT molecular complexity index is 190. The van der Waals surface area contributed by atoms with Gasteiger partial charge in [0.15, 0.2) is 0 Å². The van der Waals surface area contributed by atoms with Gasteiger partial charge in [-0.25, -0.2) is 0 Å². The second kappa shape index (κ2) is 4.07. The van der Waals surface area contributed by atoms with Crippen LogP contribution in [0.3, 0.4) is 0 Å². The molecule has 1 amide bonds. The number of ether oxygens (including phenoxy) is 1. The molecule has 0 saturated carbocycles. The van der Waals surface area contributed by atoms with E-state index in [0.717, 1.165) is 32.5 Å². The quantitative estimate of drug-likeness (QED) is 0.621. The zero-order chi connectivity index (χ0) is 9.10. The number of morpholine rings is 1. The summed E-state index contributed by atoms with van der Waals surface area (Å²) in [6.07, 6.45) is 3.01. The van der Waals surface area contributed by atoms with Crippen molar-refractivity contribution in [3.63, 3.8) is 0 Å². The minimum atomic E-state index is 0.126. The van der Waals surface area contributed by atoms with E-state index in [9.17, 15) is 4.79 Å². The molecule has 2 rings (SSSR count). The van der Waals surface area contributed by atoms with Crippen molar-refractivity contribution in [3.8, 4) is 0 Å². The number of likely N-dealkylation sites (tertiary alicyclic amines) is 1. The van der Waals surface area contributed by atoms with Crippen molar-refractivity contribution in [3.05, 3.63) is 0 Å². The SMILES string of the molecule is O=C1CCCCN1C1COCCN1. The van der Waals surface area contributed by atoms with Crippen LogP contribution in [0, 0.1) is 0 Å². The van der Waals surface area contributed by atoms with E-state index in [1.807, 2.05) is 4.90 Å². The van der Waals surface area contributed by atoms with Gasteiger partial charge in [-0.1, -0.05) is 0 Å². The predicted octanol–water partition coefficient (Wildman–Crippen LogP) is -0.0552. The molecule has 0 aliphatic carbocycles. The second-order valence-electron chi connectivity index (χ2n) is 3.59. The lowest BCUT2D eigenvalue weighted by Crippen LogP contribution is -2.56. The van der Waals surface area contributed by atoms with Gasteiger partial charge >= 0.3 is 0 Å². The van der Waals surface area contributed by atoms with E-state index in [-0.39, 0.29) is 12.1 Å². The molecule has 4 heteroatoms. The Morgan fingerprint density at radius 2 is 2.38 bits per heavy atom. The number of hydrogen-bond donors (Lipinski definition) is 1. The summed E-state index contributed by atoms with van der Waals surface area (Å²) >= 11 is 0. The summed E-state index contributed by atoms with van der Waals surface area (Å²) in [5.41, 5.74) is 0. The monoisotopic (exact) mass is 184 g/mol. The first-order chi connectivity index (χ1) is 6.38. The zero-order valence-electron chi connectivity index (χ0n) is 7.79. The summed E-state index contributed by atoms with van der Waals surface area (Å²) < 4.78 is 5.33. The number of carbonyl (C=O) groups excluding carboxylic acids is 1. The van der Waals surface area contributed by atoms with Crippen molar-refractivity contribution in [2.24, 2.45) is 0 Å². The minimum Gasteiger partial charge on any atom is -0.377 e. The zero-order valence-corrected chi connectivity index (χ0v) is 7.79. The Kier molecular flexibility index (Phi) is 2.80. The highest BCUT2D eigenvalue weighted by Crippen LogP contribution is 2.13. The summed E-state index contributed by atoms with van der Waals surface area (Å²) in [4.78, 5) is 13.4. The molecule has 0 aromatic heterocycles. The third-order valence-electron chi connectivity index (χ3n) is 2.64. The largest absolute Gasteiger partial charge is 0.377 e. The van der Waals surface area contributed by atoms with E-state index in [1.165, 1.54) is 0 Å². The molecular weight excluding hydrogens is 168 g/mol. The van der Waals surface area contributed by atoms with E-state index in [0.29, 0.717) is 13.0 Å². The fourth-order valence-corrected chi connectivity index (χ4v) is 1.91. The highest BCUT2D eigenvalue weighted by molar-refractivity contribution is 5.77. The number of amides is 1. The van der Waals surface area contributed by atoms with Crippen LogP contribution in [0.4, 0.5) is 0 Å². The van der Waals surface area contributed by atoms with Gasteiger partial charge in [0.25, 0.3) is 0 Å². The van der Waals surface area contributed by atoms with Crippen LogP contribution in [0.15, 0.2) is 0 Å². The fourth-order valence-electron chi connectivity index (χ4n) is 1.91. The van der Waals surface area contributed by atoms with Crippen LogP contribution in [0.25, 0.3) is 0 Å². The van der Waals surface area contributed by atoms with Gasteiger partial charge in [-0.2, -0.15) is 0 Å². The molecule has 2 fully saturated rings. The number of nitrogens with zero attached hydrogens (tertiary/aromatic N) is 1. The van der Waals surface area contributed by atoms with Gasteiger partial charge < -0.3 is 9.64 Å². The molecular formula is C9H16N2O2. The number of hydrogen-bond acceptors (Lipinski definition) is 3. The number of carbonyl (C=O) groups is 1. The molecule has 4 nitrogen and oxygen atoms in total. The topological polar surface area (TPSA) is 41.6 Å². The maximum absolute atomic E-state index is 11.5. The average Bonchev–Trinajstić information content (AvgIpc) is 2.20. The van der Waals surface area contributed by atoms with Crippen LogP contribution < -0.4 is 5.32 Å². The molecule has 1 unspecified atom stereocenters. The third-order valence-corrected chi connectivity index (χ3v) is 2.64. The molecule has 0 spiro atoms. The van der Waals surface area contributed by atoms with Crippen LogP contribution in [-0.2, 0) is 9.53 Å². The van der Waals surface area contributed by atoms with E-state index < -0.39 is 0 Å². The Morgan fingerprint density at radius 3 is 3.08 bits per heavy atom. The molecule has 0 aromatic rings. The predicted molar refractivity (Wildman–Crippen MR) is 48.2 cm³/mol. The highest BCUT2D eigenvalue weighted by Gasteiger charge is 2.27. The van der Waals surface area contributed by atoms with Gasteiger partial charge in [0.2, 0.25) is 5.91 Å². The van der Waals surface area contributed by atoms with Gasteiger partial charge in [-0.3, -0.25) is 10.1 Å². The van der Waals surface area contributed by atoms with E-state index in [2.05, 4.69) is 5.32 Å². The summed E-state index contributed by atoms with van der Waals surface area (Å²) in [7, 11) is 0. The molecule has 1 N–H and O–H groups in total. The van der Waals surface area contributed by atoms with Crippen LogP contribution in [0.2, 0.25) is 0 Å². The first kappa shape index (κ1) is 8.97. The lowest BCUT2D eigenvalue weighted by atomic mass is 10.1. The van der Waals surface area contributed by atoms with Crippen LogP contribution in [0.1, 0.15) is 19.3 Å². The maximum Gasteiger partial charge on any atom is 0.223 e. The molecule has 74 valence electrons. The molecule has 2 saturated heterocycles. The van der Waals surface area contributed by atoms with Crippen molar-refractivity contribution in [1.29, 1.82) is 0 Å². The smallest absolute Gasteiger partial charge is 0.223 e. The van der Waals surface area contributed by atoms with Gasteiger partial charge in [-0.05, 0) is 12.8 Å². The molecule has 2 aliphatic rings. The Labute approximate surface area is 78.2 Å². The molecule has 2 heterocycles. The number of rotatable bonds is 1. The summed E-state index contributed by atoms with van der Waals surface area (Å²) in [5.74, 6) is 0.272. The van der Waals surface area contributed by atoms with Crippen molar-refractivity contribution in [2.75, 3.05) is 26.3 Å². The van der Waals surface area contributed by atoms with Crippen molar-refractivity contribution in [2.45, 2.75) is 25.4 Å². The average molecular weight is 184 g/mol. The first-order valence-corrected chi connectivity index (χ1v) is 4.98. The molecule has 0 radical (unpaired) electrons. The van der Waals surface area contributed by atoms with Gasteiger partial charge in [0.05, 0.1) is 13.2 Å². The third kappa shape index (κ3) is 2.00. The minimum absolute atomic E-state index is 0.126. The van der Waals surface area contributed by atoms with Crippen molar-refractivity contribution < 1.29 is 9.53 Å². The van der Waals surface area contributed by atoms with E-state index >= 15 is 0 Å². The van der Waals surface area contributed by atoms with Gasteiger partial charge in [0, 0.05) is 19.5 Å². The van der Waals surface area contributed by atoms with Crippen LogP contribution in [-0.4, -0.2) is 43.3 Å². The summed E-state index contributed by atoms with van der Waals surface area (Å²) in [6.45, 7) is 3.15. The molecule has 2 aliphatic heterocycles. The van der Waals surface area contributed by atoms with Crippen molar-refractivity contribution in [1.82, 2.24) is 10.2 Å². The first-order valence-electron chi connectivity index (χ1n) is 4.98. The Hall–Kier alpha value is -0.610. The Morgan fingerprint density at radius 1 is 1.46 bits per heavy atom. The number of nitrogens with one attached hydrogen (secondary N) is 1. The second-order valence-corrected chi connectivity index (χ2v) is 3.59. The fraction of sp³-hybridized carbons (Fsp3) is 0.889. The normalized spacial score (nSPS) is 30.6. The highest BCUT2D eigenvalue weighted by atomic mass is 16.5. The lowest BCUT2D eigenvalue weighted by Gasteiger charge is -2.37. The standard InChI is InChI=1S/C9H16N2O2/c12-9-3-1-2-5-11(9)8-7-13-6-4-10-8/h8,10H,1-7H2. The number of piperidine rings is 1. The molecule has 0 bridgehead atoms. The van der Waals surface area contributed by atoms with Gasteiger partial charge in [0.1, 0.15) is 6.17 Å². The van der Waals surface area contributed by atoms with Crippen molar-refractivity contribution >= 4 is 5.91 Å². The molecule has 1 atom stereocenters. The summed E-state index contributed by atoms with van der Waals surface area (Å²) in [6, 6.07) is 0. The lowest BCUT2D eigenvalue weighted by molar-refractivity contribution is -0.139. The van der Waals surface area contributed by atoms with Gasteiger partial charge in [-0.15, -0.1) is 0 Å². The Balaban J connectivity index is 1.92. The van der Waals surface area contributed by atoms with Crippen LogP contribution >= 0.6 is 0 Å². The summed E-state index contributed by atoms with van der Waals surface area (Å²) in [5, 5.41) is 3.30. The van der Waals surface area contributed by atoms with Crippen LogP contribution in [0.5, 0.6) is 0 Å². The van der Waals surface area contributed by atoms with E-state index in [4.69, 9.17) is 4.74 Å². The maximum atomic E-state index is 11.5. The van der Waals surface area contributed by atoms with E-state index in [1.54, 1.807) is 0 Å². The molecule has 0 aromatic carbocycles.